The first-order valence-electron chi connectivity index (χ1n) is 6.27. The van der Waals surface area contributed by atoms with E-state index in [0.717, 1.165) is 18.7 Å². The SMILES string of the molecule is CCCCCCNCc1ccc(C(=O)O)cc1.Cl. The molecule has 0 aliphatic rings. The number of carbonyl (C=O) groups is 1. The number of halogens is 1. The lowest BCUT2D eigenvalue weighted by molar-refractivity contribution is 0.0697. The monoisotopic (exact) mass is 271 g/mol. The summed E-state index contributed by atoms with van der Waals surface area (Å²) in [5.41, 5.74) is 1.47. The topological polar surface area (TPSA) is 49.3 Å². The Balaban J connectivity index is 0.00000289. The quantitative estimate of drug-likeness (QED) is 0.712. The highest BCUT2D eigenvalue weighted by Gasteiger charge is 2.00. The van der Waals surface area contributed by atoms with Gasteiger partial charge in [0.1, 0.15) is 0 Å². The van der Waals surface area contributed by atoms with Crippen LogP contribution in [-0.4, -0.2) is 17.6 Å². The van der Waals surface area contributed by atoms with Gasteiger partial charge >= 0.3 is 5.97 Å². The molecule has 0 bridgehead atoms. The second-order valence-electron chi connectivity index (χ2n) is 4.24. The van der Waals surface area contributed by atoms with Gasteiger partial charge in [-0.2, -0.15) is 0 Å². The van der Waals surface area contributed by atoms with Crippen molar-refractivity contribution in [3.05, 3.63) is 35.4 Å². The van der Waals surface area contributed by atoms with Crippen molar-refractivity contribution in [1.29, 1.82) is 0 Å². The Morgan fingerprint density at radius 1 is 1.17 bits per heavy atom. The second kappa shape index (κ2) is 9.92. The summed E-state index contributed by atoms with van der Waals surface area (Å²) < 4.78 is 0. The number of unbranched alkanes of at least 4 members (excludes halogenated alkanes) is 3. The van der Waals surface area contributed by atoms with E-state index >= 15 is 0 Å². The molecule has 2 N–H and O–H groups in total. The molecule has 0 saturated heterocycles. The molecule has 0 fully saturated rings. The third kappa shape index (κ3) is 6.62. The van der Waals surface area contributed by atoms with Crippen molar-refractivity contribution in [2.24, 2.45) is 0 Å². The van der Waals surface area contributed by atoms with Crippen LogP contribution < -0.4 is 5.32 Å². The van der Waals surface area contributed by atoms with Crippen LogP contribution in [0, 0.1) is 0 Å². The van der Waals surface area contributed by atoms with Crippen molar-refractivity contribution in [1.82, 2.24) is 5.32 Å². The highest BCUT2D eigenvalue weighted by molar-refractivity contribution is 5.87. The summed E-state index contributed by atoms with van der Waals surface area (Å²) in [6, 6.07) is 7.03. The summed E-state index contributed by atoms with van der Waals surface area (Å²) in [5, 5.41) is 12.1. The van der Waals surface area contributed by atoms with Gasteiger partial charge in [-0.15, -0.1) is 12.4 Å². The molecular formula is C14H22ClNO2. The van der Waals surface area contributed by atoms with Crippen molar-refractivity contribution in [3.63, 3.8) is 0 Å². The van der Waals surface area contributed by atoms with Crippen molar-refractivity contribution in [3.8, 4) is 0 Å². The number of hydrogen-bond donors (Lipinski definition) is 2. The summed E-state index contributed by atoms with van der Waals surface area (Å²) in [7, 11) is 0. The molecule has 102 valence electrons. The highest BCUT2D eigenvalue weighted by Crippen LogP contribution is 2.04. The van der Waals surface area contributed by atoms with E-state index in [1.165, 1.54) is 25.7 Å². The molecule has 18 heavy (non-hydrogen) atoms. The number of aromatic carboxylic acids is 1. The molecule has 3 nitrogen and oxygen atoms in total. The van der Waals surface area contributed by atoms with Gasteiger partial charge in [-0.25, -0.2) is 4.79 Å². The van der Waals surface area contributed by atoms with Crippen LogP contribution in [0.4, 0.5) is 0 Å². The highest BCUT2D eigenvalue weighted by atomic mass is 35.5. The van der Waals surface area contributed by atoms with E-state index in [1.54, 1.807) is 12.1 Å². The van der Waals surface area contributed by atoms with Crippen LogP contribution in [0.1, 0.15) is 48.5 Å². The van der Waals surface area contributed by atoms with E-state index in [1.807, 2.05) is 12.1 Å². The van der Waals surface area contributed by atoms with Crippen molar-refractivity contribution in [2.75, 3.05) is 6.54 Å². The predicted molar refractivity (Wildman–Crippen MR) is 76.5 cm³/mol. The van der Waals surface area contributed by atoms with Crippen LogP contribution in [0.5, 0.6) is 0 Å². The zero-order valence-electron chi connectivity index (χ0n) is 10.8. The van der Waals surface area contributed by atoms with E-state index < -0.39 is 5.97 Å². The summed E-state index contributed by atoms with van der Waals surface area (Å²) in [4.78, 5) is 10.7. The molecule has 0 atom stereocenters. The maximum absolute atomic E-state index is 10.7. The zero-order valence-corrected chi connectivity index (χ0v) is 11.6. The largest absolute Gasteiger partial charge is 0.478 e. The maximum atomic E-state index is 10.7. The Morgan fingerprint density at radius 3 is 2.39 bits per heavy atom. The number of nitrogens with one attached hydrogen (secondary N) is 1. The summed E-state index contributed by atoms with van der Waals surface area (Å²) in [6.07, 6.45) is 5.05. The third-order valence-corrected chi connectivity index (χ3v) is 2.74. The van der Waals surface area contributed by atoms with Gasteiger partial charge in [0.25, 0.3) is 0 Å². The van der Waals surface area contributed by atoms with Crippen LogP contribution in [0.25, 0.3) is 0 Å². The molecule has 0 spiro atoms. The first kappa shape index (κ1) is 16.9. The number of carboxylic acid groups (broad SMARTS) is 1. The number of rotatable bonds is 8. The lowest BCUT2D eigenvalue weighted by atomic mass is 10.1. The van der Waals surface area contributed by atoms with Crippen LogP contribution >= 0.6 is 12.4 Å². The first-order chi connectivity index (χ1) is 8.24. The number of carboxylic acids is 1. The Labute approximate surface area is 115 Å². The van der Waals surface area contributed by atoms with Crippen molar-refractivity contribution < 1.29 is 9.90 Å². The normalized spacial score (nSPS) is 9.83. The van der Waals surface area contributed by atoms with E-state index in [9.17, 15) is 4.79 Å². The number of benzene rings is 1. The minimum absolute atomic E-state index is 0. The molecule has 4 heteroatoms. The van der Waals surface area contributed by atoms with Crippen LogP contribution in [-0.2, 0) is 6.54 Å². The molecule has 0 aliphatic carbocycles. The fourth-order valence-corrected chi connectivity index (χ4v) is 1.67. The Bertz CT molecular complexity index is 338. The molecule has 0 heterocycles. The van der Waals surface area contributed by atoms with Gasteiger partial charge in [0.2, 0.25) is 0 Å². The fraction of sp³-hybridized carbons (Fsp3) is 0.500. The Kier molecular flexibility index (Phi) is 9.33. The van der Waals surface area contributed by atoms with Gasteiger partial charge in [0.05, 0.1) is 5.56 Å². The van der Waals surface area contributed by atoms with Crippen LogP contribution in [0.15, 0.2) is 24.3 Å². The minimum Gasteiger partial charge on any atom is -0.478 e. The molecule has 0 amide bonds. The standard InChI is InChI=1S/C14H21NO2.ClH/c1-2-3-4-5-10-15-11-12-6-8-13(9-7-12)14(16)17;/h6-9,15H,2-5,10-11H2,1H3,(H,16,17);1H. The van der Waals surface area contributed by atoms with Gasteiger partial charge < -0.3 is 10.4 Å². The number of hydrogen-bond acceptors (Lipinski definition) is 2. The van der Waals surface area contributed by atoms with Gasteiger partial charge in [0, 0.05) is 6.54 Å². The van der Waals surface area contributed by atoms with Crippen molar-refractivity contribution >= 4 is 18.4 Å². The maximum Gasteiger partial charge on any atom is 0.335 e. The molecule has 0 radical (unpaired) electrons. The molecule has 0 unspecified atom stereocenters. The Hall–Kier alpha value is -1.06. The molecule has 0 saturated carbocycles. The van der Waals surface area contributed by atoms with E-state index in [-0.39, 0.29) is 12.4 Å². The molecule has 0 aromatic heterocycles. The average Bonchev–Trinajstić information content (AvgIpc) is 2.34. The molecular weight excluding hydrogens is 250 g/mol. The van der Waals surface area contributed by atoms with Crippen LogP contribution in [0.2, 0.25) is 0 Å². The minimum atomic E-state index is -0.871. The van der Waals surface area contributed by atoms with Gasteiger partial charge in [-0.1, -0.05) is 38.3 Å². The summed E-state index contributed by atoms with van der Waals surface area (Å²) in [5.74, 6) is -0.871. The molecule has 1 aromatic carbocycles. The van der Waals surface area contributed by atoms with Gasteiger partial charge in [0.15, 0.2) is 0 Å². The third-order valence-electron chi connectivity index (χ3n) is 2.74. The summed E-state index contributed by atoms with van der Waals surface area (Å²) in [6.45, 7) is 4.05. The second-order valence-corrected chi connectivity index (χ2v) is 4.24. The van der Waals surface area contributed by atoms with E-state index in [2.05, 4.69) is 12.2 Å². The van der Waals surface area contributed by atoms with Crippen molar-refractivity contribution in [2.45, 2.75) is 39.2 Å². The lowest BCUT2D eigenvalue weighted by Gasteiger charge is -2.05. The summed E-state index contributed by atoms with van der Waals surface area (Å²) >= 11 is 0. The molecule has 1 rings (SSSR count). The zero-order chi connectivity index (χ0) is 12.5. The smallest absolute Gasteiger partial charge is 0.335 e. The van der Waals surface area contributed by atoms with E-state index in [4.69, 9.17) is 5.11 Å². The fourth-order valence-electron chi connectivity index (χ4n) is 1.67. The van der Waals surface area contributed by atoms with Crippen LogP contribution in [0.3, 0.4) is 0 Å². The van der Waals surface area contributed by atoms with Gasteiger partial charge in [-0.05, 0) is 30.7 Å². The molecule has 0 aliphatic heterocycles. The van der Waals surface area contributed by atoms with Gasteiger partial charge in [-0.3, -0.25) is 0 Å². The predicted octanol–water partition coefficient (Wildman–Crippen LogP) is 3.48. The Morgan fingerprint density at radius 2 is 1.83 bits per heavy atom. The first-order valence-corrected chi connectivity index (χ1v) is 6.27. The average molecular weight is 272 g/mol. The molecule has 1 aromatic rings. The van der Waals surface area contributed by atoms with E-state index in [0.29, 0.717) is 5.56 Å². The lowest BCUT2D eigenvalue weighted by Crippen LogP contribution is -2.14.